The second kappa shape index (κ2) is 9.45. The lowest BCUT2D eigenvalue weighted by Crippen LogP contribution is -2.41. The molecular weight excluding hydrogens is 264 g/mol. The van der Waals surface area contributed by atoms with Crippen LogP contribution < -0.4 is 10.6 Å². The standard InChI is InChI=1S/C16H30N4O/c1-6-7-11-20(5)12-10-18-16(17-4)19-14(3)15-9-8-13(2)21-15/h8-9,14H,6-7,10-12H2,1-5H3,(H2,17,18,19). The minimum absolute atomic E-state index is 0.0997. The molecular formula is C16H30N4O. The maximum atomic E-state index is 5.62. The van der Waals surface area contributed by atoms with Crippen LogP contribution in [0, 0.1) is 6.92 Å². The van der Waals surface area contributed by atoms with Gasteiger partial charge in [0.1, 0.15) is 11.5 Å². The minimum Gasteiger partial charge on any atom is -0.464 e. The average molecular weight is 294 g/mol. The smallest absolute Gasteiger partial charge is 0.191 e. The van der Waals surface area contributed by atoms with Crippen molar-refractivity contribution in [2.75, 3.05) is 33.7 Å². The summed E-state index contributed by atoms with van der Waals surface area (Å²) >= 11 is 0. The highest BCUT2D eigenvalue weighted by Crippen LogP contribution is 2.15. The van der Waals surface area contributed by atoms with E-state index >= 15 is 0 Å². The van der Waals surface area contributed by atoms with Crippen LogP contribution in [-0.4, -0.2) is 44.6 Å². The van der Waals surface area contributed by atoms with Gasteiger partial charge in [-0.3, -0.25) is 4.99 Å². The molecule has 0 amide bonds. The molecule has 1 aromatic heterocycles. The number of furan rings is 1. The Morgan fingerprint density at radius 2 is 2.14 bits per heavy atom. The van der Waals surface area contributed by atoms with E-state index in [4.69, 9.17) is 4.42 Å². The van der Waals surface area contributed by atoms with E-state index in [0.717, 1.165) is 37.1 Å². The number of aliphatic imine (C=N–C) groups is 1. The molecule has 0 spiro atoms. The first-order valence-corrected chi connectivity index (χ1v) is 7.78. The lowest BCUT2D eigenvalue weighted by atomic mass is 10.2. The molecule has 1 rings (SSSR count). The fourth-order valence-electron chi connectivity index (χ4n) is 2.06. The molecule has 1 unspecified atom stereocenters. The molecule has 21 heavy (non-hydrogen) atoms. The quantitative estimate of drug-likeness (QED) is 0.571. The van der Waals surface area contributed by atoms with Crippen molar-refractivity contribution in [1.29, 1.82) is 0 Å². The predicted octanol–water partition coefficient (Wildman–Crippen LogP) is 2.55. The van der Waals surface area contributed by atoms with E-state index in [1.54, 1.807) is 7.05 Å². The van der Waals surface area contributed by atoms with Gasteiger partial charge in [-0.15, -0.1) is 0 Å². The van der Waals surface area contributed by atoms with Gasteiger partial charge in [-0.2, -0.15) is 0 Å². The Kier molecular flexibility index (Phi) is 7.90. The SMILES string of the molecule is CCCCN(C)CCNC(=NC)NC(C)c1ccc(C)o1. The van der Waals surface area contributed by atoms with E-state index in [0.29, 0.717) is 0 Å². The first kappa shape index (κ1) is 17.6. The van der Waals surface area contributed by atoms with Crippen LogP contribution in [-0.2, 0) is 0 Å². The maximum Gasteiger partial charge on any atom is 0.191 e. The highest BCUT2D eigenvalue weighted by Gasteiger charge is 2.11. The van der Waals surface area contributed by atoms with E-state index < -0.39 is 0 Å². The van der Waals surface area contributed by atoms with Crippen LogP contribution in [0.4, 0.5) is 0 Å². The Balaban J connectivity index is 2.32. The highest BCUT2D eigenvalue weighted by atomic mass is 16.3. The fourth-order valence-corrected chi connectivity index (χ4v) is 2.06. The Morgan fingerprint density at radius 3 is 2.71 bits per heavy atom. The number of aryl methyl sites for hydroxylation is 1. The Bertz CT molecular complexity index is 428. The number of nitrogens with zero attached hydrogens (tertiary/aromatic N) is 2. The lowest BCUT2D eigenvalue weighted by Gasteiger charge is -2.19. The van der Waals surface area contributed by atoms with Crippen LogP contribution in [0.25, 0.3) is 0 Å². The van der Waals surface area contributed by atoms with Gasteiger partial charge >= 0.3 is 0 Å². The molecule has 2 N–H and O–H groups in total. The third-order valence-electron chi connectivity index (χ3n) is 3.44. The van der Waals surface area contributed by atoms with Gasteiger partial charge in [0.2, 0.25) is 0 Å². The van der Waals surface area contributed by atoms with Crippen LogP contribution in [0.5, 0.6) is 0 Å². The van der Waals surface area contributed by atoms with Gasteiger partial charge < -0.3 is 20.0 Å². The van der Waals surface area contributed by atoms with Gasteiger partial charge in [-0.1, -0.05) is 13.3 Å². The van der Waals surface area contributed by atoms with Crippen LogP contribution in [0.3, 0.4) is 0 Å². The summed E-state index contributed by atoms with van der Waals surface area (Å²) in [6.07, 6.45) is 2.49. The molecule has 1 heterocycles. The Hall–Kier alpha value is -1.49. The second-order valence-corrected chi connectivity index (χ2v) is 5.47. The van der Waals surface area contributed by atoms with Crippen LogP contribution in [0.15, 0.2) is 21.5 Å². The van der Waals surface area contributed by atoms with E-state index in [1.807, 2.05) is 19.1 Å². The van der Waals surface area contributed by atoms with Crippen molar-refractivity contribution in [1.82, 2.24) is 15.5 Å². The van der Waals surface area contributed by atoms with Crippen molar-refractivity contribution in [3.63, 3.8) is 0 Å². The molecule has 0 bridgehead atoms. The van der Waals surface area contributed by atoms with Crippen molar-refractivity contribution in [2.24, 2.45) is 4.99 Å². The summed E-state index contributed by atoms with van der Waals surface area (Å²) in [7, 11) is 3.94. The van der Waals surface area contributed by atoms with Crippen molar-refractivity contribution in [3.8, 4) is 0 Å². The third-order valence-corrected chi connectivity index (χ3v) is 3.44. The van der Waals surface area contributed by atoms with Gasteiger partial charge in [0.05, 0.1) is 6.04 Å². The molecule has 1 atom stereocenters. The van der Waals surface area contributed by atoms with Crippen molar-refractivity contribution >= 4 is 5.96 Å². The summed E-state index contributed by atoms with van der Waals surface area (Å²) in [5.41, 5.74) is 0. The summed E-state index contributed by atoms with van der Waals surface area (Å²) in [5.74, 6) is 2.66. The zero-order valence-corrected chi connectivity index (χ0v) is 14.1. The summed E-state index contributed by atoms with van der Waals surface area (Å²) in [6, 6.07) is 4.08. The first-order valence-electron chi connectivity index (χ1n) is 7.78. The zero-order chi connectivity index (χ0) is 15.7. The van der Waals surface area contributed by atoms with Crippen molar-refractivity contribution in [2.45, 2.75) is 39.7 Å². The summed E-state index contributed by atoms with van der Waals surface area (Å²) in [6.45, 7) is 9.27. The molecule has 5 heteroatoms. The number of rotatable bonds is 8. The number of likely N-dealkylation sites (N-methyl/N-ethyl adjacent to an activating group) is 1. The molecule has 0 aliphatic heterocycles. The van der Waals surface area contributed by atoms with Crippen molar-refractivity contribution < 1.29 is 4.42 Å². The molecule has 5 nitrogen and oxygen atoms in total. The lowest BCUT2D eigenvalue weighted by molar-refractivity contribution is 0.332. The van der Waals surface area contributed by atoms with E-state index in [-0.39, 0.29) is 6.04 Å². The molecule has 120 valence electrons. The van der Waals surface area contributed by atoms with Gasteiger partial charge in [-0.25, -0.2) is 0 Å². The number of guanidine groups is 1. The van der Waals surface area contributed by atoms with Gasteiger partial charge in [0, 0.05) is 20.1 Å². The molecule has 0 saturated heterocycles. The molecule has 0 fully saturated rings. The van der Waals surface area contributed by atoms with E-state index in [9.17, 15) is 0 Å². The van der Waals surface area contributed by atoms with Crippen LogP contribution in [0.2, 0.25) is 0 Å². The van der Waals surface area contributed by atoms with Crippen molar-refractivity contribution in [3.05, 3.63) is 23.7 Å². The zero-order valence-electron chi connectivity index (χ0n) is 14.1. The van der Waals surface area contributed by atoms with Crippen LogP contribution in [0.1, 0.15) is 44.3 Å². The fraction of sp³-hybridized carbons (Fsp3) is 0.688. The first-order chi connectivity index (χ1) is 10.1. The molecule has 0 aliphatic rings. The summed E-state index contributed by atoms with van der Waals surface area (Å²) < 4.78 is 5.62. The Morgan fingerprint density at radius 1 is 1.38 bits per heavy atom. The minimum atomic E-state index is 0.0997. The molecule has 0 saturated carbocycles. The highest BCUT2D eigenvalue weighted by molar-refractivity contribution is 5.79. The molecule has 0 aliphatic carbocycles. The molecule has 1 aromatic rings. The van der Waals surface area contributed by atoms with Gasteiger partial charge in [0.25, 0.3) is 0 Å². The normalized spacial score (nSPS) is 13.5. The Labute approximate surface area is 128 Å². The van der Waals surface area contributed by atoms with Crippen LogP contribution >= 0.6 is 0 Å². The van der Waals surface area contributed by atoms with E-state index in [1.165, 1.54) is 12.8 Å². The molecule has 0 aromatic carbocycles. The predicted molar refractivity (Wildman–Crippen MR) is 88.8 cm³/mol. The third kappa shape index (κ3) is 6.67. The number of nitrogens with one attached hydrogen (secondary N) is 2. The molecule has 0 radical (unpaired) electrons. The average Bonchev–Trinajstić information content (AvgIpc) is 2.90. The van der Waals surface area contributed by atoms with Gasteiger partial charge in [0.15, 0.2) is 5.96 Å². The number of unbranched alkanes of at least 4 members (excludes halogenated alkanes) is 1. The topological polar surface area (TPSA) is 52.8 Å². The summed E-state index contributed by atoms with van der Waals surface area (Å²) in [5, 5.41) is 6.68. The second-order valence-electron chi connectivity index (χ2n) is 5.47. The monoisotopic (exact) mass is 294 g/mol. The van der Waals surface area contributed by atoms with Gasteiger partial charge in [-0.05, 0) is 46.0 Å². The number of hydrogen-bond donors (Lipinski definition) is 2. The summed E-state index contributed by atoms with van der Waals surface area (Å²) in [4.78, 5) is 6.59. The maximum absolute atomic E-state index is 5.62. The largest absolute Gasteiger partial charge is 0.464 e. The van der Waals surface area contributed by atoms with E-state index in [2.05, 4.69) is 41.4 Å². The number of hydrogen-bond acceptors (Lipinski definition) is 3.